The van der Waals surface area contributed by atoms with Crippen LogP contribution in [0.25, 0.3) is 21.8 Å². The number of amides is 1. The van der Waals surface area contributed by atoms with Gasteiger partial charge in [-0.15, -0.1) is 0 Å². The summed E-state index contributed by atoms with van der Waals surface area (Å²) in [6.45, 7) is 4.00. The number of primary amides is 1. The molecule has 132 valence electrons. The minimum Gasteiger partial charge on any atom is -0.364 e. The van der Waals surface area contributed by atoms with Crippen LogP contribution in [-0.2, 0) is 0 Å². The molecular weight excluding hydrogens is 314 g/mol. The highest BCUT2D eigenvalue weighted by Gasteiger charge is 2.24. The van der Waals surface area contributed by atoms with Crippen molar-refractivity contribution in [3.63, 3.8) is 0 Å². The number of para-hydroxylation sites is 1. The molecule has 25 heavy (non-hydrogen) atoms. The van der Waals surface area contributed by atoms with E-state index >= 15 is 0 Å². The summed E-state index contributed by atoms with van der Waals surface area (Å²) in [6.07, 6.45) is 5.55. The number of rotatable bonds is 2. The summed E-state index contributed by atoms with van der Waals surface area (Å²) < 4.78 is 2.02. The maximum Gasteiger partial charge on any atom is 0.265 e. The second kappa shape index (κ2) is 7.13. The van der Waals surface area contributed by atoms with E-state index in [0.717, 1.165) is 42.1 Å². The summed E-state index contributed by atoms with van der Waals surface area (Å²) >= 11 is 0. The smallest absolute Gasteiger partial charge is 0.265 e. The second-order valence-corrected chi connectivity index (χ2v) is 6.32. The number of fused-ring (bicyclic) bond motifs is 3. The summed E-state index contributed by atoms with van der Waals surface area (Å²) in [6, 6.07) is 9.59. The van der Waals surface area contributed by atoms with Gasteiger partial charge in [0.1, 0.15) is 5.69 Å². The van der Waals surface area contributed by atoms with Crippen molar-refractivity contribution in [3.8, 4) is 0 Å². The van der Waals surface area contributed by atoms with Crippen molar-refractivity contribution >= 4 is 27.7 Å². The Labute approximate surface area is 146 Å². The number of hydrogen-bond donors (Lipinski definition) is 2. The molecule has 0 unspecified atom stereocenters. The maximum absolute atomic E-state index is 12.4. The van der Waals surface area contributed by atoms with Crippen LogP contribution in [0.4, 0.5) is 0 Å². The van der Waals surface area contributed by atoms with Crippen LogP contribution in [0.2, 0.25) is 0 Å². The number of aromatic amines is 1. The molecule has 1 saturated carbocycles. The molecule has 1 aliphatic rings. The molecule has 5 heteroatoms. The van der Waals surface area contributed by atoms with Gasteiger partial charge in [0.15, 0.2) is 0 Å². The fourth-order valence-corrected chi connectivity index (χ4v) is 3.87. The van der Waals surface area contributed by atoms with Crippen LogP contribution in [0.1, 0.15) is 62.5 Å². The molecule has 0 bridgehead atoms. The minimum absolute atomic E-state index is 0.171. The Morgan fingerprint density at radius 3 is 2.48 bits per heavy atom. The molecule has 0 radical (unpaired) electrons. The highest BCUT2D eigenvalue weighted by Crippen LogP contribution is 2.35. The van der Waals surface area contributed by atoms with Crippen molar-refractivity contribution in [2.75, 3.05) is 0 Å². The van der Waals surface area contributed by atoms with Crippen LogP contribution < -0.4 is 11.3 Å². The minimum atomic E-state index is -0.477. The fraction of sp³-hybridized carbons (Fsp3) is 0.400. The number of H-pyrrole nitrogens is 1. The van der Waals surface area contributed by atoms with Gasteiger partial charge in [0.05, 0.1) is 16.4 Å². The van der Waals surface area contributed by atoms with E-state index in [9.17, 15) is 9.59 Å². The van der Waals surface area contributed by atoms with Gasteiger partial charge in [-0.1, -0.05) is 51.3 Å². The number of pyridine rings is 1. The lowest BCUT2D eigenvalue weighted by Crippen LogP contribution is -2.21. The van der Waals surface area contributed by atoms with Gasteiger partial charge in [0, 0.05) is 11.4 Å². The summed E-state index contributed by atoms with van der Waals surface area (Å²) in [4.78, 5) is 27.3. The topological polar surface area (TPSA) is 80.9 Å². The zero-order chi connectivity index (χ0) is 18.0. The van der Waals surface area contributed by atoms with Crippen molar-refractivity contribution in [3.05, 3.63) is 46.4 Å². The highest BCUT2D eigenvalue weighted by atomic mass is 16.1. The molecule has 4 rings (SSSR count). The number of nitrogens with one attached hydrogen (secondary N) is 1. The number of nitrogens with two attached hydrogens (primary N) is 1. The summed E-state index contributed by atoms with van der Waals surface area (Å²) in [5, 5.41) is 1.50. The molecule has 1 fully saturated rings. The van der Waals surface area contributed by atoms with Gasteiger partial charge in [0.25, 0.3) is 11.5 Å². The number of carbonyl (C=O) groups excluding carboxylic acids is 1. The third kappa shape index (κ3) is 2.95. The number of aromatic nitrogens is 2. The first-order valence-corrected chi connectivity index (χ1v) is 9.12. The Bertz CT molecular complexity index is 962. The second-order valence-electron chi connectivity index (χ2n) is 6.32. The summed E-state index contributed by atoms with van der Waals surface area (Å²) in [7, 11) is 0. The SMILES string of the molecule is CC.NC(=O)c1cc2c(=O)[nH]c3ccccc3c2n1C1CCCCC1. The molecule has 2 aromatic heterocycles. The summed E-state index contributed by atoms with van der Waals surface area (Å²) in [5.41, 5.74) is 7.50. The normalized spacial score (nSPS) is 15.1. The van der Waals surface area contributed by atoms with Gasteiger partial charge in [-0.3, -0.25) is 9.59 Å². The number of carbonyl (C=O) groups is 1. The van der Waals surface area contributed by atoms with Gasteiger partial charge in [-0.05, 0) is 25.0 Å². The lowest BCUT2D eigenvalue weighted by atomic mass is 9.95. The Kier molecular flexibility index (Phi) is 4.93. The highest BCUT2D eigenvalue weighted by molar-refractivity contribution is 6.07. The molecule has 0 aliphatic heterocycles. The third-order valence-electron chi connectivity index (χ3n) is 4.90. The fourth-order valence-electron chi connectivity index (χ4n) is 3.87. The first-order valence-electron chi connectivity index (χ1n) is 9.12. The quantitative estimate of drug-likeness (QED) is 0.736. The van der Waals surface area contributed by atoms with E-state index in [0.29, 0.717) is 11.1 Å². The zero-order valence-electron chi connectivity index (χ0n) is 14.8. The lowest BCUT2D eigenvalue weighted by Gasteiger charge is -2.26. The summed E-state index contributed by atoms with van der Waals surface area (Å²) in [5.74, 6) is -0.477. The number of hydrogen-bond acceptors (Lipinski definition) is 2. The first kappa shape index (κ1) is 17.3. The molecule has 0 saturated heterocycles. The molecule has 1 aliphatic carbocycles. The van der Waals surface area contributed by atoms with Gasteiger partial charge in [-0.2, -0.15) is 0 Å². The number of nitrogens with zero attached hydrogens (tertiary/aromatic N) is 1. The molecule has 2 heterocycles. The lowest BCUT2D eigenvalue weighted by molar-refractivity contribution is 0.0988. The van der Waals surface area contributed by atoms with E-state index in [1.54, 1.807) is 6.07 Å². The van der Waals surface area contributed by atoms with Gasteiger partial charge in [0.2, 0.25) is 0 Å². The molecule has 3 N–H and O–H groups in total. The first-order chi connectivity index (χ1) is 12.2. The molecule has 1 amide bonds. The molecule has 0 spiro atoms. The van der Waals surface area contributed by atoms with Crippen LogP contribution in [-0.4, -0.2) is 15.5 Å². The van der Waals surface area contributed by atoms with E-state index in [1.165, 1.54) is 6.42 Å². The Morgan fingerprint density at radius 1 is 1.12 bits per heavy atom. The number of benzene rings is 1. The predicted molar refractivity (Wildman–Crippen MR) is 102 cm³/mol. The average Bonchev–Trinajstić information content (AvgIpc) is 3.06. The van der Waals surface area contributed by atoms with Crippen LogP contribution >= 0.6 is 0 Å². The van der Waals surface area contributed by atoms with E-state index in [2.05, 4.69) is 4.98 Å². The van der Waals surface area contributed by atoms with Crippen molar-refractivity contribution in [1.82, 2.24) is 9.55 Å². The van der Waals surface area contributed by atoms with Crippen molar-refractivity contribution < 1.29 is 4.79 Å². The third-order valence-corrected chi connectivity index (χ3v) is 4.90. The largest absolute Gasteiger partial charge is 0.364 e. The van der Waals surface area contributed by atoms with E-state index in [1.807, 2.05) is 42.7 Å². The average molecular weight is 339 g/mol. The zero-order valence-corrected chi connectivity index (χ0v) is 14.8. The van der Waals surface area contributed by atoms with Crippen molar-refractivity contribution in [2.24, 2.45) is 5.73 Å². The van der Waals surface area contributed by atoms with Gasteiger partial charge in [-0.25, -0.2) is 0 Å². The molecular formula is C20H25N3O2. The van der Waals surface area contributed by atoms with Crippen molar-refractivity contribution in [1.29, 1.82) is 0 Å². The monoisotopic (exact) mass is 339 g/mol. The Hall–Kier alpha value is -2.56. The Morgan fingerprint density at radius 2 is 1.80 bits per heavy atom. The molecule has 3 aromatic rings. The van der Waals surface area contributed by atoms with Gasteiger partial charge < -0.3 is 15.3 Å². The molecule has 1 aromatic carbocycles. The van der Waals surface area contributed by atoms with Crippen LogP contribution in [0.15, 0.2) is 35.1 Å². The maximum atomic E-state index is 12.4. The standard InChI is InChI=1S/C18H19N3O2.C2H6/c19-17(22)15-10-13-16(21(15)11-6-2-1-3-7-11)12-8-4-5-9-14(12)20-18(13)23;1-2/h4-5,8-11H,1-3,6-7H2,(H2,19,22)(H,20,23);1-2H3. The van der Waals surface area contributed by atoms with E-state index in [4.69, 9.17) is 5.73 Å². The van der Waals surface area contributed by atoms with Crippen molar-refractivity contribution in [2.45, 2.75) is 52.0 Å². The predicted octanol–water partition coefficient (Wildman–Crippen LogP) is 4.11. The van der Waals surface area contributed by atoms with E-state index < -0.39 is 5.91 Å². The molecule has 0 atom stereocenters. The van der Waals surface area contributed by atoms with Crippen LogP contribution in [0.3, 0.4) is 0 Å². The Balaban J connectivity index is 0.000000880. The van der Waals surface area contributed by atoms with Crippen LogP contribution in [0.5, 0.6) is 0 Å². The van der Waals surface area contributed by atoms with Gasteiger partial charge >= 0.3 is 0 Å². The molecule has 5 nitrogen and oxygen atoms in total. The van der Waals surface area contributed by atoms with E-state index in [-0.39, 0.29) is 11.6 Å². The van der Waals surface area contributed by atoms with Crippen LogP contribution in [0, 0.1) is 0 Å².